The van der Waals surface area contributed by atoms with Gasteiger partial charge in [-0.3, -0.25) is 0 Å². The highest BCUT2D eigenvalue weighted by Gasteiger charge is 2.18. The summed E-state index contributed by atoms with van der Waals surface area (Å²) in [6, 6.07) is 13.2. The van der Waals surface area contributed by atoms with E-state index in [0.29, 0.717) is 17.3 Å². The number of aromatic nitrogens is 6. The Hall–Kier alpha value is -4.18. The average Bonchev–Trinajstić information content (AvgIpc) is 3.34. The third-order valence-electron chi connectivity index (χ3n) is 5.36. The molecule has 2 aromatic carbocycles. The van der Waals surface area contributed by atoms with Crippen LogP contribution in [0.2, 0.25) is 0 Å². The van der Waals surface area contributed by atoms with Crippen LogP contribution in [0.3, 0.4) is 0 Å². The minimum absolute atomic E-state index is 0.331. The van der Waals surface area contributed by atoms with Gasteiger partial charge in [-0.05, 0) is 54.5 Å². The topological polar surface area (TPSA) is 117 Å². The van der Waals surface area contributed by atoms with E-state index in [1.165, 1.54) is 6.33 Å². The van der Waals surface area contributed by atoms with Gasteiger partial charge in [-0.15, -0.1) is 5.10 Å². The van der Waals surface area contributed by atoms with Gasteiger partial charge >= 0.3 is 6.09 Å². The number of benzene rings is 2. The molecule has 0 radical (unpaired) electrons. The third kappa shape index (κ3) is 5.24. The van der Waals surface area contributed by atoms with Gasteiger partial charge in [-0.25, -0.2) is 14.8 Å². The molecule has 2 heterocycles. The van der Waals surface area contributed by atoms with Crippen LogP contribution in [0.1, 0.15) is 42.9 Å². The van der Waals surface area contributed by atoms with Crippen molar-refractivity contribution in [2.24, 2.45) is 0 Å². The van der Waals surface area contributed by atoms with E-state index in [-0.39, 0.29) is 12.1 Å². The minimum Gasteiger partial charge on any atom is -0.410 e. The summed E-state index contributed by atoms with van der Waals surface area (Å²) >= 11 is 0. The molecule has 1 amide bonds. The van der Waals surface area contributed by atoms with Crippen molar-refractivity contribution in [3.05, 3.63) is 78.1 Å². The molecule has 0 aliphatic heterocycles. The molecule has 2 aromatic heterocycles. The third-order valence-corrected chi connectivity index (χ3v) is 5.36. The molecule has 1 N–H and O–H groups in total. The smallest absolute Gasteiger partial charge is 0.410 e. The monoisotopic (exact) mass is 459 g/mol. The quantitative estimate of drug-likeness (QED) is 0.441. The molecule has 0 saturated heterocycles. The Morgan fingerprint density at radius 1 is 1.03 bits per heavy atom. The number of nitrogens with zero attached hydrogens (tertiary/aromatic N) is 6. The number of nitrogens with one attached hydrogen (secondary N) is 1. The van der Waals surface area contributed by atoms with Gasteiger partial charge in [0, 0.05) is 31.1 Å². The van der Waals surface area contributed by atoms with Crippen molar-refractivity contribution in [2.75, 3.05) is 7.11 Å². The summed E-state index contributed by atoms with van der Waals surface area (Å²) in [4.78, 5) is 20.6. The van der Waals surface area contributed by atoms with Crippen molar-refractivity contribution in [3.8, 4) is 22.6 Å². The molecule has 174 valence electrons. The Morgan fingerprint density at radius 2 is 1.76 bits per heavy atom. The van der Waals surface area contributed by atoms with Gasteiger partial charge in [-0.1, -0.05) is 29.8 Å². The van der Waals surface area contributed by atoms with Crippen LogP contribution in [0.25, 0.3) is 16.8 Å². The van der Waals surface area contributed by atoms with Gasteiger partial charge in [0.15, 0.2) is 5.82 Å². The lowest BCUT2D eigenvalue weighted by Crippen LogP contribution is -2.29. The van der Waals surface area contributed by atoms with Gasteiger partial charge < -0.3 is 14.8 Å². The van der Waals surface area contributed by atoms with Gasteiger partial charge in [0.25, 0.3) is 0 Å². The number of ether oxygens (including phenoxy) is 2. The average molecular weight is 460 g/mol. The molecular formula is C24H25N7O3. The number of hydrogen-bond acceptors (Lipinski definition) is 8. The molecule has 4 aromatic rings. The zero-order valence-electron chi connectivity index (χ0n) is 19.3. The van der Waals surface area contributed by atoms with Gasteiger partial charge in [0.1, 0.15) is 18.2 Å². The van der Waals surface area contributed by atoms with Gasteiger partial charge in [0.05, 0.1) is 11.7 Å². The second-order valence-electron chi connectivity index (χ2n) is 7.84. The van der Waals surface area contributed by atoms with Crippen molar-refractivity contribution in [2.45, 2.75) is 32.9 Å². The number of rotatable bonds is 7. The lowest BCUT2D eigenvalue weighted by atomic mass is 10.0. The summed E-state index contributed by atoms with van der Waals surface area (Å²) in [6.45, 7) is 5.71. The van der Waals surface area contributed by atoms with Crippen LogP contribution in [0.5, 0.6) is 5.75 Å². The van der Waals surface area contributed by atoms with Gasteiger partial charge in [-0.2, -0.15) is 4.68 Å². The fourth-order valence-electron chi connectivity index (χ4n) is 3.34. The van der Waals surface area contributed by atoms with Crippen LogP contribution in [0, 0.1) is 6.92 Å². The fourth-order valence-corrected chi connectivity index (χ4v) is 3.34. The van der Waals surface area contributed by atoms with Crippen LogP contribution in [-0.2, 0) is 4.74 Å². The first-order chi connectivity index (χ1) is 16.4. The molecule has 0 saturated carbocycles. The molecule has 0 aliphatic carbocycles. The lowest BCUT2D eigenvalue weighted by molar-refractivity contribution is 0.110. The fraction of sp³-hybridized carbons (Fsp3) is 0.250. The Bertz CT molecular complexity index is 1260. The number of tetrazole rings is 1. The van der Waals surface area contributed by atoms with E-state index in [0.717, 1.165) is 22.3 Å². The van der Waals surface area contributed by atoms with Crippen molar-refractivity contribution in [3.63, 3.8) is 0 Å². The summed E-state index contributed by atoms with van der Waals surface area (Å²) in [5.41, 5.74) is 4.35. The zero-order chi connectivity index (χ0) is 24.1. The second kappa shape index (κ2) is 10.2. The van der Waals surface area contributed by atoms with Crippen LogP contribution in [-0.4, -0.2) is 43.4 Å². The Kier molecular flexibility index (Phi) is 6.88. The standard InChI is InChI=1S/C24H25N7O3/c1-15-5-7-18(8-6-15)19-9-21(31-23(17(3)33-4)28-29-30-31)11-22(10-19)34-24(32)27-16(2)20-12-25-14-26-13-20/h5-14,16-17H,1-4H3,(H,27,32)/t16?,17-/m1/s1. The molecule has 2 atom stereocenters. The Labute approximate surface area is 197 Å². The molecule has 10 nitrogen and oxygen atoms in total. The molecular weight excluding hydrogens is 434 g/mol. The van der Waals surface area contributed by atoms with E-state index in [4.69, 9.17) is 9.47 Å². The molecule has 10 heteroatoms. The van der Waals surface area contributed by atoms with Crippen LogP contribution in [0.15, 0.2) is 61.2 Å². The largest absolute Gasteiger partial charge is 0.413 e. The summed E-state index contributed by atoms with van der Waals surface area (Å²) in [5, 5.41) is 14.8. The molecule has 4 rings (SSSR count). The SMILES string of the molecule is CO[C@H](C)c1nnnn1-c1cc(OC(=O)NC(C)c2cncnc2)cc(-c2ccc(C)cc2)c1. The molecule has 0 spiro atoms. The summed E-state index contributed by atoms with van der Waals surface area (Å²) in [5.74, 6) is 0.866. The summed E-state index contributed by atoms with van der Waals surface area (Å²) < 4.78 is 12.6. The normalized spacial score (nSPS) is 12.7. The first kappa shape index (κ1) is 23.0. The van der Waals surface area contributed by atoms with Crippen LogP contribution in [0.4, 0.5) is 4.79 Å². The number of methoxy groups -OCH3 is 1. The van der Waals surface area contributed by atoms with E-state index in [1.54, 1.807) is 36.3 Å². The van der Waals surface area contributed by atoms with E-state index < -0.39 is 6.09 Å². The molecule has 0 aliphatic rings. The zero-order valence-corrected chi connectivity index (χ0v) is 19.3. The predicted molar refractivity (Wildman–Crippen MR) is 124 cm³/mol. The first-order valence-corrected chi connectivity index (χ1v) is 10.7. The van der Waals surface area contributed by atoms with Crippen LogP contribution < -0.4 is 10.1 Å². The highest BCUT2D eigenvalue weighted by Crippen LogP contribution is 2.29. The maximum atomic E-state index is 12.7. The number of carbonyl (C=O) groups excluding carboxylic acids is 1. The number of amides is 1. The van der Waals surface area contributed by atoms with Crippen molar-refractivity contribution >= 4 is 6.09 Å². The van der Waals surface area contributed by atoms with Gasteiger partial charge in [0.2, 0.25) is 0 Å². The molecule has 0 bridgehead atoms. The van der Waals surface area contributed by atoms with Crippen molar-refractivity contribution < 1.29 is 14.3 Å². The van der Waals surface area contributed by atoms with E-state index in [2.05, 4.69) is 30.8 Å². The van der Waals surface area contributed by atoms with Crippen molar-refractivity contribution in [1.82, 2.24) is 35.5 Å². The Balaban J connectivity index is 1.67. The number of carbonyl (C=O) groups is 1. The van der Waals surface area contributed by atoms with Crippen LogP contribution >= 0.6 is 0 Å². The summed E-state index contributed by atoms with van der Waals surface area (Å²) in [7, 11) is 1.59. The number of aryl methyl sites for hydroxylation is 1. The van der Waals surface area contributed by atoms with E-state index in [9.17, 15) is 4.79 Å². The number of hydrogen-bond donors (Lipinski definition) is 1. The molecule has 1 unspecified atom stereocenters. The highest BCUT2D eigenvalue weighted by molar-refractivity contribution is 5.74. The maximum absolute atomic E-state index is 12.7. The maximum Gasteiger partial charge on any atom is 0.413 e. The molecule has 0 fully saturated rings. The molecule has 34 heavy (non-hydrogen) atoms. The van der Waals surface area contributed by atoms with E-state index in [1.807, 2.05) is 51.1 Å². The first-order valence-electron chi connectivity index (χ1n) is 10.7. The second-order valence-corrected chi connectivity index (χ2v) is 7.84. The Morgan fingerprint density at radius 3 is 2.47 bits per heavy atom. The van der Waals surface area contributed by atoms with Crippen molar-refractivity contribution in [1.29, 1.82) is 0 Å². The highest BCUT2D eigenvalue weighted by atomic mass is 16.6. The summed E-state index contributed by atoms with van der Waals surface area (Å²) in [6.07, 6.45) is 3.78. The van der Waals surface area contributed by atoms with E-state index >= 15 is 0 Å². The predicted octanol–water partition coefficient (Wildman–Crippen LogP) is 3.98. The minimum atomic E-state index is -0.606. The lowest BCUT2D eigenvalue weighted by Gasteiger charge is -2.15.